The number of carbonyl (C=O) groups is 2. The Morgan fingerprint density at radius 2 is 1.04 bits per heavy atom. The highest BCUT2D eigenvalue weighted by molar-refractivity contribution is 6.08. The number of carboxylic acids is 1. The van der Waals surface area contributed by atoms with E-state index in [1.807, 2.05) is 60.7 Å². The molecule has 2 rings (SSSR count). The SMILES string of the molecule is CCCCCCCCCCCC(=O)O.O=C(c1ccccc1)c1ccccc1. The van der Waals surface area contributed by atoms with E-state index in [4.69, 9.17) is 5.11 Å². The van der Waals surface area contributed by atoms with Crippen LogP contribution >= 0.6 is 0 Å². The van der Waals surface area contributed by atoms with Gasteiger partial charge in [0.2, 0.25) is 0 Å². The molecule has 0 bridgehead atoms. The summed E-state index contributed by atoms with van der Waals surface area (Å²) in [5, 5.41) is 8.41. The van der Waals surface area contributed by atoms with E-state index in [1.165, 1.54) is 44.9 Å². The summed E-state index contributed by atoms with van der Waals surface area (Å²) in [6, 6.07) is 18.6. The van der Waals surface area contributed by atoms with Crippen LogP contribution in [0.3, 0.4) is 0 Å². The lowest BCUT2D eigenvalue weighted by molar-refractivity contribution is -0.137. The first-order chi connectivity index (χ1) is 13.6. The number of benzene rings is 2. The van der Waals surface area contributed by atoms with Crippen molar-refractivity contribution in [2.75, 3.05) is 0 Å². The second-order valence-electron chi connectivity index (χ2n) is 7.03. The van der Waals surface area contributed by atoms with Crippen LogP contribution in [-0.4, -0.2) is 16.9 Å². The second kappa shape index (κ2) is 15.6. The van der Waals surface area contributed by atoms with Crippen molar-refractivity contribution in [2.24, 2.45) is 0 Å². The average Bonchev–Trinajstić information content (AvgIpc) is 2.73. The third kappa shape index (κ3) is 11.3. The molecule has 0 aliphatic carbocycles. The third-order valence-electron chi connectivity index (χ3n) is 4.57. The van der Waals surface area contributed by atoms with Crippen LogP contribution in [-0.2, 0) is 4.79 Å². The van der Waals surface area contributed by atoms with Crippen LogP contribution in [0.4, 0.5) is 0 Å². The van der Waals surface area contributed by atoms with E-state index in [0.717, 1.165) is 24.0 Å². The first-order valence-corrected chi connectivity index (χ1v) is 10.5. The maximum atomic E-state index is 11.8. The van der Waals surface area contributed by atoms with Gasteiger partial charge in [0.1, 0.15) is 0 Å². The molecule has 0 aliphatic heterocycles. The Morgan fingerprint density at radius 3 is 1.43 bits per heavy atom. The molecule has 2 aromatic carbocycles. The molecule has 0 unspecified atom stereocenters. The fourth-order valence-corrected chi connectivity index (χ4v) is 2.93. The lowest BCUT2D eigenvalue weighted by Crippen LogP contribution is -1.99. The maximum absolute atomic E-state index is 11.8. The van der Waals surface area contributed by atoms with Gasteiger partial charge in [-0.15, -0.1) is 0 Å². The van der Waals surface area contributed by atoms with Crippen molar-refractivity contribution in [1.29, 1.82) is 0 Å². The Balaban J connectivity index is 0.000000280. The minimum Gasteiger partial charge on any atom is -0.481 e. The van der Waals surface area contributed by atoms with E-state index in [2.05, 4.69) is 6.92 Å². The molecule has 2 aromatic rings. The number of unbranched alkanes of at least 4 members (excludes halogenated alkanes) is 8. The van der Waals surface area contributed by atoms with Crippen molar-refractivity contribution in [2.45, 2.75) is 71.1 Å². The molecule has 152 valence electrons. The van der Waals surface area contributed by atoms with E-state index < -0.39 is 5.97 Å². The highest BCUT2D eigenvalue weighted by Gasteiger charge is 2.06. The summed E-state index contributed by atoms with van der Waals surface area (Å²) in [5.74, 6) is -0.584. The van der Waals surface area contributed by atoms with E-state index in [-0.39, 0.29) is 5.78 Å². The summed E-state index contributed by atoms with van der Waals surface area (Å²) in [5.41, 5.74) is 1.47. The molecule has 0 radical (unpaired) electrons. The van der Waals surface area contributed by atoms with Crippen molar-refractivity contribution in [3.05, 3.63) is 71.8 Å². The summed E-state index contributed by atoms with van der Waals surface area (Å²) in [4.78, 5) is 22.1. The molecular weight excluding hydrogens is 348 g/mol. The van der Waals surface area contributed by atoms with Gasteiger partial charge in [0.15, 0.2) is 5.78 Å². The summed E-state index contributed by atoms with van der Waals surface area (Å²) in [7, 11) is 0. The highest BCUT2D eigenvalue weighted by atomic mass is 16.4. The monoisotopic (exact) mass is 382 g/mol. The molecule has 0 saturated carbocycles. The quantitative estimate of drug-likeness (QED) is 0.320. The molecule has 0 amide bonds. The van der Waals surface area contributed by atoms with Gasteiger partial charge in [-0.2, -0.15) is 0 Å². The lowest BCUT2D eigenvalue weighted by atomic mass is 10.0. The molecule has 1 N–H and O–H groups in total. The second-order valence-corrected chi connectivity index (χ2v) is 7.03. The number of rotatable bonds is 12. The number of carbonyl (C=O) groups excluding carboxylic acids is 1. The van der Waals surface area contributed by atoms with Crippen LogP contribution in [0.25, 0.3) is 0 Å². The first kappa shape index (κ1) is 23.6. The number of aliphatic carboxylic acids is 1. The topological polar surface area (TPSA) is 54.4 Å². The van der Waals surface area contributed by atoms with Gasteiger partial charge in [0, 0.05) is 17.5 Å². The van der Waals surface area contributed by atoms with E-state index in [1.54, 1.807) is 0 Å². The Hall–Kier alpha value is -2.42. The lowest BCUT2D eigenvalue weighted by Gasteiger charge is -2.00. The maximum Gasteiger partial charge on any atom is 0.303 e. The number of hydrogen-bond acceptors (Lipinski definition) is 2. The average molecular weight is 383 g/mol. The molecule has 0 saturated heterocycles. The first-order valence-electron chi connectivity index (χ1n) is 10.5. The number of hydrogen-bond donors (Lipinski definition) is 1. The fourth-order valence-electron chi connectivity index (χ4n) is 2.93. The Bertz CT molecular complexity index is 609. The summed E-state index contributed by atoms with van der Waals surface area (Å²) < 4.78 is 0. The molecule has 0 heterocycles. The zero-order valence-electron chi connectivity index (χ0n) is 17.1. The Morgan fingerprint density at radius 1 is 0.643 bits per heavy atom. The van der Waals surface area contributed by atoms with Gasteiger partial charge >= 0.3 is 5.97 Å². The largest absolute Gasteiger partial charge is 0.481 e. The van der Waals surface area contributed by atoms with Gasteiger partial charge < -0.3 is 5.11 Å². The summed E-state index contributed by atoms with van der Waals surface area (Å²) in [6.07, 6.45) is 11.5. The van der Waals surface area contributed by atoms with Crippen molar-refractivity contribution in [1.82, 2.24) is 0 Å². The van der Waals surface area contributed by atoms with Crippen LogP contribution in [0, 0.1) is 0 Å². The van der Waals surface area contributed by atoms with E-state index >= 15 is 0 Å². The Kier molecular flexibility index (Phi) is 13.2. The van der Waals surface area contributed by atoms with Crippen molar-refractivity contribution in [3.63, 3.8) is 0 Å². The predicted molar refractivity (Wildman–Crippen MR) is 116 cm³/mol. The zero-order chi connectivity index (χ0) is 20.5. The molecular formula is C25H34O3. The van der Waals surface area contributed by atoms with E-state index in [9.17, 15) is 9.59 Å². The van der Waals surface area contributed by atoms with Crippen LogP contribution in [0.5, 0.6) is 0 Å². The number of ketones is 1. The standard InChI is InChI=1S/C13H10O.C12H24O2/c14-13(11-7-3-1-4-8-11)12-9-5-2-6-10-12;1-2-3-4-5-6-7-8-9-10-11-12(13)14/h1-10H;2-11H2,1H3,(H,13,14). The van der Waals surface area contributed by atoms with Gasteiger partial charge in [0.25, 0.3) is 0 Å². The normalized spacial score (nSPS) is 10.0. The van der Waals surface area contributed by atoms with Crippen molar-refractivity contribution >= 4 is 11.8 Å². The van der Waals surface area contributed by atoms with Gasteiger partial charge in [0.05, 0.1) is 0 Å². The molecule has 0 aromatic heterocycles. The highest BCUT2D eigenvalue weighted by Crippen LogP contribution is 2.10. The van der Waals surface area contributed by atoms with Gasteiger partial charge in [-0.3, -0.25) is 9.59 Å². The minimum absolute atomic E-state index is 0.0752. The molecule has 0 fully saturated rings. The van der Waals surface area contributed by atoms with E-state index in [0.29, 0.717) is 6.42 Å². The van der Waals surface area contributed by atoms with Crippen LogP contribution < -0.4 is 0 Å². The Labute approximate surface area is 169 Å². The van der Waals surface area contributed by atoms with Crippen molar-refractivity contribution in [3.8, 4) is 0 Å². The van der Waals surface area contributed by atoms with Gasteiger partial charge in [-0.25, -0.2) is 0 Å². The van der Waals surface area contributed by atoms with Crippen LogP contribution in [0.1, 0.15) is 87.1 Å². The minimum atomic E-state index is -0.659. The van der Waals surface area contributed by atoms with Crippen LogP contribution in [0.15, 0.2) is 60.7 Å². The molecule has 0 aliphatic rings. The summed E-state index contributed by atoms with van der Waals surface area (Å²) >= 11 is 0. The smallest absolute Gasteiger partial charge is 0.303 e. The predicted octanol–water partition coefficient (Wildman–Crippen LogP) is 6.91. The molecule has 28 heavy (non-hydrogen) atoms. The summed E-state index contributed by atoms with van der Waals surface area (Å²) in [6.45, 7) is 2.23. The molecule has 0 spiro atoms. The fraction of sp³-hybridized carbons (Fsp3) is 0.440. The molecule has 0 atom stereocenters. The van der Waals surface area contributed by atoms with Gasteiger partial charge in [-0.05, 0) is 6.42 Å². The molecule has 3 heteroatoms. The number of carboxylic acid groups (broad SMARTS) is 1. The zero-order valence-corrected chi connectivity index (χ0v) is 17.1. The molecule has 3 nitrogen and oxygen atoms in total. The van der Waals surface area contributed by atoms with Crippen molar-refractivity contribution < 1.29 is 14.7 Å². The van der Waals surface area contributed by atoms with Crippen LogP contribution in [0.2, 0.25) is 0 Å². The van der Waals surface area contributed by atoms with Gasteiger partial charge in [-0.1, -0.05) is 119 Å². The third-order valence-corrected chi connectivity index (χ3v) is 4.57.